The van der Waals surface area contributed by atoms with Crippen molar-refractivity contribution in [1.29, 1.82) is 0 Å². The van der Waals surface area contributed by atoms with Crippen molar-refractivity contribution in [3.05, 3.63) is 137 Å². The summed E-state index contributed by atoms with van der Waals surface area (Å²) in [6, 6.07) is 35.0. The molecule has 7 rings (SSSR count). The second-order valence-electron chi connectivity index (χ2n) is 13.1. The summed E-state index contributed by atoms with van der Waals surface area (Å²) >= 11 is 0. The fraction of sp³-hybridized carbons (Fsp3) is 0.279. The second-order valence-corrected chi connectivity index (χ2v) is 13.1. The summed E-state index contributed by atoms with van der Waals surface area (Å²) in [4.78, 5) is 18.3. The van der Waals surface area contributed by atoms with Crippen LogP contribution in [0, 0.1) is 13.8 Å². The number of esters is 1. The lowest BCUT2D eigenvalue weighted by atomic mass is 9.77. The van der Waals surface area contributed by atoms with E-state index in [1.807, 2.05) is 30.3 Å². The van der Waals surface area contributed by atoms with Crippen molar-refractivity contribution in [3.8, 4) is 17.2 Å². The van der Waals surface area contributed by atoms with Crippen LogP contribution in [0.2, 0.25) is 0 Å². The van der Waals surface area contributed by atoms with E-state index >= 15 is 0 Å². The Bertz CT molecular complexity index is 1930. The highest BCUT2D eigenvalue weighted by atomic mass is 16.6. The molecule has 0 bridgehead atoms. The third kappa shape index (κ3) is 5.69. The Labute approximate surface area is 289 Å². The van der Waals surface area contributed by atoms with E-state index in [4.69, 9.17) is 14.2 Å². The molecule has 0 amide bonds. The van der Waals surface area contributed by atoms with Gasteiger partial charge in [-0.3, -0.25) is 0 Å². The van der Waals surface area contributed by atoms with Crippen molar-refractivity contribution in [3.63, 3.8) is 0 Å². The number of carbonyl (C=O) groups is 1. The van der Waals surface area contributed by atoms with Gasteiger partial charge in [0.1, 0.15) is 17.2 Å². The number of hydrogen-bond acceptors (Lipinski definition) is 6. The van der Waals surface area contributed by atoms with Crippen molar-refractivity contribution in [2.75, 3.05) is 30.0 Å². The predicted molar refractivity (Wildman–Crippen MR) is 197 cm³/mol. The molecule has 0 aliphatic carbocycles. The number of anilines is 4. The lowest BCUT2D eigenvalue weighted by Gasteiger charge is -2.38. The molecule has 0 N–H and O–H groups in total. The molecule has 0 saturated carbocycles. The quantitative estimate of drug-likeness (QED) is 0.132. The van der Waals surface area contributed by atoms with Gasteiger partial charge in [-0.2, -0.15) is 0 Å². The van der Waals surface area contributed by atoms with Crippen LogP contribution in [0.5, 0.6) is 17.2 Å². The zero-order chi connectivity index (χ0) is 34.1. The first-order valence-electron chi connectivity index (χ1n) is 17.4. The third-order valence-corrected chi connectivity index (χ3v) is 9.75. The van der Waals surface area contributed by atoms with Gasteiger partial charge in [-0.05, 0) is 75.2 Å². The highest BCUT2D eigenvalue weighted by Crippen LogP contribution is 2.59. The van der Waals surface area contributed by atoms with E-state index in [1.165, 1.54) is 11.1 Å². The maximum absolute atomic E-state index is 13.7. The number of unbranched alkanes of at least 4 members (excludes halogenated alkanes) is 2. The van der Waals surface area contributed by atoms with Crippen LogP contribution >= 0.6 is 0 Å². The van der Waals surface area contributed by atoms with Gasteiger partial charge in [0, 0.05) is 59.0 Å². The summed E-state index contributed by atoms with van der Waals surface area (Å²) in [6.07, 6.45) is 4.46. The standard InChI is InChI=1S/C43H44N2O4/c1-6-8-24-44(25-9-7-2)33-22-23-36-39(26-33)48-40-28-41(47-5)38(27-37(40)43(36)35-13-11-10-12-34(35)42(46)49-43)45(31-18-14-29(3)15-19-31)32-20-16-30(4)17-21-32/h10-23,26-28H,6-9,24-25H2,1-5H3. The van der Waals surface area contributed by atoms with E-state index in [0.29, 0.717) is 22.8 Å². The average molecular weight is 653 g/mol. The van der Waals surface area contributed by atoms with Crippen molar-refractivity contribution < 1.29 is 19.0 Å². The number of ether oxygens (including phenoxy) is 3. The van der Waals surface area contributed by atoms with E-state index in [1.54, 1.807) is 7.11 Å². The molecule has 2 aliphatic heterocycles. The Kier molecular flexibility index (Phi) is 8.81. The molecule has 5 aromatic rings. The van der Waals surface area contributed by atoms with Crippen molar-refractivity contribution in [1.82, 2.24) is 0 Å². The zero-order valence-electron chi connectivity index (χ0n) is 29.1. The average Bonchev–Trinajstić information content (AvgIpc) is 3.42. The Morgan fingerprint density at radius 2 is 1.27 bits per heavy atom. The minimum absolute atomic E-state index is 0.350. The van der Waals surface area contributed by atoms with Crippen LogP contribution in [-0.4, -0.2) is 26.2 Å². The van der Waals surface area contributed by atoms with Crippen LogP contribution in [0.25, 0.3) is 0 Å². The Morgan fingerprint density at radius 1 is 0.673 bits per heavy atom. The Hall–Kier alpha value is -5.23. The number of methoxy groups -OCH3 is 1. The molecular formula is C43H44N2O4. The number of carbonyl (C=O) groups excluding carboxylic acids is 1. The SMILES string of the molecule is CCCCN(CCCC)c1ccc2c(c1)Oc1cc(OC)c(N(c3ccc(C)cc3)c3ccc(C)cc3)cc1C21OC(=O)c2ccccc21. The minimum Gasteiger partial charge on any atom is -0.494 e. The van der Waals surface area contributed by atoms with Crippen molar-refractivity contribution in [2.24, 2.45) is 0 Å². The fourth-order valence-corrected chi connectivity index (χ4v) is 7.09. The van der Waals surface area contributed by atoms with Gasteiger partial charge in [-0.1, -0.05) is 80.3 Å². The molecule has 5 aromatic carbocycles. The van der Waals surface area contributed by atoms with Gasteiger partial charge in [-0.15, -0.1) is 0 Å². The highest BCUT2D eigenvalue weighted by molar-refractivity contribution is 5.97. The number of hydrogen-bond donors (Lipinski definition) is 0. The lowest BCUT2D eigenvalue weighted by Crippen LogP contribution is -2.34. The number of aryl methyl sites for hydroxylation is 2. The number of rotatable bonds is 11. The molecule has 6 heteroatoms. The summed E-state index contributed by atoms with van der Waals surface area (Å²) in [5, 5.41) is 0. The van der Waals surface area contributed by atoms with Crippen LogP contribution < -0.4 is 19.3 Å². The van der Waals surface area contributed by atoms with Crippen LogP contribution in [0.3, 0.4) is 0 Å². The van der Waals surface area contributed by atoms with Gasteiger partial charge in [0.25, 0.3) is 0 Å². The Balaban J connectivity index is 1.46. The maximum atomic E-state index is 13.7. The Morgan fingerprint density at radius 3 is 1.88 bits per heavy atom. The first-order valence-corrected chi connectivity index (χ1v) is 17.4. The topological polar surface area (TPSA) is 51.2 Å². The molecule has 6 nitrogen and oxygen atoms in total. The molecule has 0 fully saturated rings. The second kappa shape index (κ2) is 13.3. The first-order chi connectivity index (χ1) is 23.9. The fourth-order valence-electron chi connectivity index (χ4n) is 7.09. The molecule has 2 heterocycles. The highest BCUT2D eigenvalue weighted by Gasteiger charge is 2.54. The summed E-state index contributed by atoms with van der Waals surface area (Å²) < 4.78 is 19.5. The minimum atomic E-state index is -1.21. The lowest BCUT2D eigenvalue weighted by molar-refractivity contribution is 0.0224. The molecule has 1 atom stereocenters. The van der Waals surface area contributed by atoms with E-state index in [0.717, 1.165) is 78.2 Å². The smallest absolute Gasteiger partial charge is 0.340 e. The molecule has 0 aromatic heterocycles. The molecule has 1 unspecified atom stereocenters. The summed E-state index contributed by atoms with van der Waals surface area (Å²) in [7, 11) is 1.68. The third-order valence-electron chi connectivity index (χ3n) is 9.75. The van der Waals surface area contributed by atoms with E-state index in [9.17, 15) is 4.79 Å². The van der Waals surface area contributed by atoms with Crippen LogP contribution in [-0.2, 0) is 10.3 Å². The molecule has 250 valence electrons. The van der Waals surface area contributed by atoms with Gasteiger partial charge in [-0.25, -0.2) is 4.79 Å². The van der Waals surface area contributed by atoms with E-state index in [-0.39, 0.29) is 5.97 Å². The number of fused-ring (bicyclic) bond motifs is 6. The van der Waals surface area contributed by atoms with Gasteiger partial charge in [0.15, 0.2) is 5.60 Å². The molecule has 0 radical (unpaired) electrons. The van der Waals surface area contributed by atoms with Gasteiger partial charge in [0.05, 0.1) is 18.4 Å². The van der Waals surface area contributed by atoms with Crippen molar-refractivity contribution >= 4 is 28.7 Å². The monoisotopic (exact) mass is 652 g/mol. The summed E-state index contributed by atoms with van der Waals surface area (Å²) in [5.41, 5.74) is 7.92. The summed E-state index contributed by atoms with van der Waals surface area (Å²) in [6.45, 7) is 10.6. The van der Waals surface area contributed by atoms with Gasteiger partial charge >= 0.3 is 5.97 Å². The van der Waals surface area contributed by atoms with E-state index < -0.39 is 5.60 Å². The van der Waals surface area contributed by atoms with Gasteiger partial charge < -0.3 is 24.0 Å². The molecule has 0 saturated heterocycles. The molecule has 49 heavy (non-hydrogen) atoms. The van der Waals surface area contributed by atoms with Crippen molar-refractivity contribution in [2.45, 2.75) is 59.0 Å². The number of benzene rings is 5. The maximum Gasteiger partial charge on any atom is 0.340 e. The first kappa shape index (κ1) is 32.3. The zero-order valence-corrected chi connectivity index (χ0v) is 29.1. The van der Waals surface area contributed by atoms with Gasteiger partial charge in [0.2, 0.25) is 0 Å². The van der Waals surface area contributed by atoms with Crippen LogP contribution in [0.4, 0.5) is 22.7 Å². The molecular weight excluding hydrogens is 608 g/mol. The van der Waals surface area contributed by atoms with Crippen LogP contribution in [0.1, 0.15) is 77.7 Å². The van der Waals surface area contributed by atoms with Crippen LogP contribution in [0.15, 0.2) is 103 Å². The molecule has 2 aliphatic rings. The summed E-state index contributed by atoms with van der Waals surface area (Å²) in [5.74, 6) is 1.56. The number of nitrogens with zero attached hydrogens (tertiary/aromatic N) is 2. The van der Waals surface area contributed by atoms with E-state index in [2.05, 4.69) is 110 Å². The largest absolute Gasteiger partial charge is 0.494 e. The normalized spacial score (nSPS) is 15.6. The predicted octanol–water partition coefficient (Wildman–Crippen LogP) is 10.8. The molecule has 1 spiro atoms.